The summed E-state index contributed by atoms with van der Waals surface area (Å²) in [6.45, 7) is -1.15. The third kappa shape index (κ3) is 4.93. The van der Waals surface area contributed by atoms with Gasteiger partial charge in [0.15, 0.2) is 6.61 Å². The van der Waals surface area contributed by atoms with Crippen LogP contribution in [-0.2, 0) is 19.2 Å². The number of aromatic amines is 1. The van der Waals surface area contributed by atoms with Crippen molar-refractivity contribution in [2.75, 3.05) is 18.5 Å². The number of fused-ring (bicyclic) bond motifs is 2. The Bertz CT molecular complexity index is 1520. The summed E-state index contributed by atoms with van der Waals surface area (Å²) in [4.78, 5) is 66.2. The molecule has 5 rings (SSSR count). The zero-order chi connectivity index (χ0) is 27.1. The standard InChI is InChI=1S/C24H18BrN3O8S2/c25-10-1-6-14(36-9-15(30)26-11-2-4-12(29)5-3-11)13(7-10)17-18-20(37-21-19(17)38-24(35)27-21)23(34)28(22(18)33)8-16(31)32/h1-7,17-18,20,29H,8-9H2,(H,26,30)(H,27,35)(H,31,32)/t17-,18+,20-/m0/s1. The number of H-pyrrole nitrogens is 1. The van der Waals surface area contributed by atoms with Crippen molar-refractivity contribution in [3.05, 3.63) is 67.0 Å². The Kier molecular flexibility index (Phi) is 7.03. The molecular weight excluding hydrogens is 602 g/mol. The summed E-state index contributed by atoms with van der Waals surface area (Å²) in [5, 5.41) is 20.8. The quantitative estimate of drug-likeness (QED) is 0.229. The smallest absolute Gasteiger partial charge is 0.323 e. The normalized spacial score (nSPS) is 20.1. The van der Waals surface area contributed by atoms with E-state index in [4.69, 9.17) is 4.74 Å². The number of amides is 3. The molecule has 0 spiro atoms. The Morgan fingerprint density at radius 1 is 1.11 bits per heavy atom. The molecule has 3 heterocycles. The van der Waals surface area contributed by atoms with Crippen molar-refractivity contribution in [3.63, 3.8) is 0 Å². The highest BCUT2D eigenvalue weighted by Gasteiger charge is 2.56. The lowest BCUT2D eigenvalue weighted by Crippen LogP contribution is -2.36. The molecule has 3 aromatic rings. The van der Waals surface area contributed by atoms with Gasteiger partial charge in [0.2, 0.25) is 11.8 Å². The van der Waals surface area contributed by atoms with Crippen molar-refractivity contribution in [1.29, 1.82) is 0 Å². The van der Waals surface area contributed by atoms with E-state index in [0.717, 1.165) is 28.0 Å². The molecule has 196 valence electrons. The van der Waals surface area contributed by atoms with Crippen LogP contribution >= 0.6 is 39.0 Å². The van der Waals surface area contributed by atoms with E-state index in [-0.39, 0.29) is 23.0 Å². The van der Waals surface area contributed by atoms with Gasteiger partial charge >= 0.3 is 10.8 Å². The van der Waals surface area contributed by atoms with Crippen LogP contribution in [0.25, 0.3) is 0 Å². The molecule has 3 atom stereocenters. The molecule has 0 aliphatic carbocycles. The van der Waals surface area contributed by atoms with Gasteiger partial charge in [-0.15, -0.1) is 0 Å². The van der Waals surface area contributed by atoms with Crippen LogP contribution in [0.3, 0.4) is 0 Å². The number of carbonyl (C=O) groups excluding carboxylic acids is 3. The number of carboxylic acids is 1. The van der Waals surface area contributed by atoms with Crippen LogP contribution in [0.5, 0.6) is 11.5 Å². The average Bonchev–Trinajstić information content (AvgIpc) is 3.35. The number of thioether (sulfide) groups is 1. The van der Waals surface area contributed by atoms with Gasteiger partial charge in [-0.1, -0.05) is 39.0 Å². The number of phenolic OH excluding ortho intramolecular Hbond substituents is 1. The van der Waals surface area contributed by atoms with Gasteiger partial charge in [-0.3, -0.25) is 28.9 Å². The number of thiazole rings is 1. The summed E-state index contributed by atoms with van der Waals surface area (Å²) >= 11 is 5.35. The van der Waals surface area contributed by atoms with Gasteiger partial charge in [0.1, 0.15) is 23.3 Å². The van der Waals surface area contributed by atoms with Crippen molar-refractivity contribution in [3.8, 4) is 11.5 Å². The second-order valence-electron chi connectivity index (χ2n) is 8.47. The minimum Gasteiger partial charge on any atom is -0.508 e. The Morgan fingerprint density at radius 2 is 1.84 bits per heavy atom. The van der Waals surface area contributed by atoms with E-state index < -0.39 is 47.3 Å². The molecular formula is C24H18BrN3O8S2. The van der Waals surface area contributed by atoms with E-state index >= 15 is 0 Å². The number of aromatic nitrogens is 1. The fraction of sp³-hybridized carbons (Fsp3) is 0.208. The lowest BCUT2D eigenvalue weighted by molar-refractivity contribution is -0.149. The van der Waals surface area contributed by atoms with Crippen molar-refractivity contribution >= 4 is 68.4 Å². The maximum absolute atomic E-state index is 13.4. The Balaban J connectivity index is 1.49. The first kappa shape index (κ1) is 26.0. The molecule has 0 saturated carbocycles. The van der Waals surface area contributed by atoms with E-state index in [9.17, 15) is 34.2 Å². The van der Waals surface area contributed by atoms with Gasteiger partial charge in [-0.2, -0.15) is 0 Å². The zero-order valence-corrected chi connectivity index (χ0v) is 22.4. The summed E-state index contributed by atoms with van der Waals surface area (Å²) in [6.07, 6.45) is 0. The fourth-order valence-corrected chi connectivity index (χ4v) is 7.39. The molecule has 2 aliphatic heterocycles. The van der Waals surface area contributed by atoms with E-state index in [0.29, 0.717) is 25.6 Å². The van der Waals surface area contributed by atoms with Gasteiger partial charge in [0.05, 0.1) is 10.9 Å². The fourth-order valence-electron chi connectivity index (χ4n) is 4.48. The number of likely N-dealkylation sites (tertiary alicyclic amines) is 1. The zero-order valence-electron chi connectivity index (χ0n) is 19.2. The Labute approximate surface area is 230 Å². The minimum absolute atomic E-state index is 0.0518. The van der Waals surface area contributed by atoms with Gasteiger partial charge in [0, 0.05) is 26.5 Å². The number of rotatable bonds is 7. The number of ether oxygens (including phenoxy) is 1. The molecule has 2 aliphatic rings. The lowest BCUT2D eigenvalue weighted by atomic mass is 9.82. The van der Waals surface area contributed by atoms with Crippen molar-refractivity contribution in [2.45, 2.75) is 16.2 Å². The number of hydrogen-bond donors (Lipinski definition) is 4. The van der Waals surface area contributed by atoms with E-state index in [1.165, 1.54) is 24.3 Å². The monoisotopic (exact) mass is 619 g/mol. The lowest BCUT2D eigenvalue weighted by Gasteiger charge is -2.31. The van der Waals surface area contributed by atoms with Crippen molar-refractivity contribution in [2.24, 2.45) is 5.92 Å². The summed E-state index contributed by atoms with van der Waals surface area (Å²) in [6, 6.07) is 10.9. The highest BCUT2D eigenvalue weighted by molar-refractivity contribution is 9.10. The van der Waals surface area contributed by atoms with Crippen LogP contribution in [0.2, 0.25) is 0 Å². The van der Waals surface area contributed by atoms with Gasteiger partial charge in [-0.05, 0) is 42.5 Å². The predicted molar refractivity (Wildman–Crippen MR) is 141 cm³/mol. The molecule has 0 bridgehead atoms. The molecule has 14 heteroatoms. The van der Waals surface area contributed by atoms with Crippen LogP contribution < -0.4 is 14.9 Å². The average molecular weight is 620 g/mol. The number of aromatic hydroxyl groups is 1. The first-order valence-corrected chi connectivity index (χ1v) is 13.6. The molecule has 3 amide bonds. The molecule has 1 fully saturated rings. The summed E-state index contributed by atoms with van der Waals surface area (Å²) in [7, 11) is 0. The number of halogens is 1. The Hall–Kier alpha value is -3.62. The number of carbonyl (C=O) groups is 4. The maximum Gasteiger partial charge on any atom is 0.323 e. The SMILES string of the molecule is O=C(O)CN1C(=O)[C@@H]2[C@H](c3cc(Br)ccc3OCC(=O)Nc3ccc(O)cc3)c3sc(=O)[nH]c3S[C@@H]2C1=O. The minimum atomic E-state index is -1.32. The third-order valence-electron chi connectivity index (χ3n) is 6.03. The Morgan fingerprint density at radius 3 is 2.55 bits per heavy atom. The number of imide groups is 1. The summed E-state index contributed by atoms with van der Waals surface area (Å²) < 4.78 is 6.48. The third-order valence-corrected chi connectivity index (χ3v) is 8.92. The molecule has 1 aromatic heterocycles. The number of nitrogens with one attached hydrogen (secondary N) is 2. The van der Waals surface area contributed by atoms with Crippen molar-refractivity contribution in [1.82, 2.24) is 9.88 Å². The van der Waals surface area contributed by atoms with E-state index in [2.05, 4.69) is 26.2 Å². The highest BCUT2D eigenvalue weighted by atomic mass is 79.9. The molecule has 2 aromatic carbocycles. The van der Waals surface area contributed by atoms with Crippen LogP contribution in [0.1, 0.15) is 16.4 Å². The largest absolute Gasteiger partial charge is 0.508 e. The number of nitrogens with zero attached hydrogens (tertiary/aromatic N) is 1. The maximum atomic E-state index is 13.4. The molecule has 4 N–H and O–H groups in total. The van der Waals surface area contributed by atoms with E-state index in [1.54, 1.807) is 18.2 Å². The van der Waals surface area contributed by atoms with Crippen molar-refractivity contribution < 1.29 is 34.1 Å². The van der Waals surface area contributed by atoms with Gasteiger partial charge in [0.25, 0.3) is 5.91 Å². The second-order valence-corrected chi connectivity index (χ2v) is 11.6. The molecule has 0 unspecified atom stereocenters. The number of benzene rings is 2. The van der Waals surface area contributed by atoms with Crippen LogP contribution in [-0.4, -0.2) is 62.2 Å². The first-order valence-electron chi connectivity index (χ1n) is 11.1. The number of aliphatic carboxylic acids is 1. The highest BCUT2D eigenvalue weighted by Crippen LogP contribution is 2.54. The molecule has 11 nitrogen and oxygen atoms in total. The number of phenols is 1. The first-order chi connectivity index (χ1) is 18.1. The van der Waals surface area contributed by atoms with Gasteiger partial charge in [-0.25, -0.2) is 0 Å². The van der Waals surface area contributed by atoms with E-state index in [1.807, 2.05) is 0 Å². The number of carboxylic acid groups (broad SMARTS) is 1. The van der Waals surface area contributed by atoms with Crippen LogP contribution in [0.15, 0.2) is 56.8 Å². The van der Waals surface area contributed by atoms with Crippen LogP contribution in [0, 0.1) is 5.92 Å². The number of anilines is 1. The topological polar surface area (TPSA) is 166 Å². The predicted octanol–water partition coefficient (Wildman–Crippen LogP) is 2.60. The van der Waals surface area contributed by atoms with Crippen LogP contribution in [0.4, 0.5) is 5.69 Å². The second kappa shape index (κ2) is 10.3. The van der Waals surface area contributed by atoms with Gasteiger partial charge < -0.3 is 25.3 Å². The molecule has 38 heavy (non-hydrogen) atoms. The summed E-state index contributed by atoms with van der Waals surface area (Å²) in [5.74, 6) is -4.56. The number of hydrogen-bond acceptors (Lipinski definition) is 9. The summed E-state index contributed by atoms with van der Waals surface area (Å²) in [5.41, 5.74) is 0.914. The molecule has 0 radical (unpaired) electrons. The molecule has 1 saturated heterocycles.